The van der Waals surface area contributed by atoms with Crippen molar-refractivity contribution in [2.75, 3.05) is 19.0 Å². The van der Waals surface area contributed by atoms with Crippen molar-refractivity contribution in [3.63, 3.8) is 0 Å². The molecule has 2 N–H and O–H groups in total. The van der Waals surface area contributed by atoms with Crippen LogP contribution in [0.2, 0.25) is 0 Å². The molecular formula is C25H23FN2O4. The summed E-state index contributed by atoms with van der Waals surface area (Å²) in [6.45, 7) is 0.598. The molecule has 1 aliphatic rings. The molecule has 1 atom stereocenters. The van der Waals surface area contributed by atoms with E-state index in [4.69, 9.17) is 9.47 Å². The quantitative estimate of drug-likeness (QED) is 0.616. The molecule has 0 saturated carbocycles. The molecule has 1 aliphatic heterocycles. The number of hydrogen-bond donors (Lipinski definition) is 2. The average Bonchev–Trinajstić information content (AvgIpc) is 2.83. The summed E-state index contributed by atoms with van der Waals surface area (Å²) in [5, 5.41) is 5.67. The van der Waals surface area contributed by atoms with E-state index in [0.717, 1.165) is 22.6 Å². The number of nitrogens with one attached hydrogen (secondary N) is 2. The molecule has 0 radical (unpaired) electrons. The molecule has 1 unspecified atom stereocenters. The molecule has 0 aromatic heterocycles. The van der Waals surface area contributed by atoms with Crippen molar-refractivity contribution in [1.29, 1.82) is 0 Å². The summed E-state index contributed by atoms with van der Waals surface area (Å²) in [4.78, 5) is 25.0. The summed E-state index contributed by atoms with van der Waals surface area (Å²) in [6.07, 6.45) is 0.558. The molecule has 164 valence electrons. The molecule has 0 saturated heterocycles. The minimum atomic E-state index is -0.326. The van der Waals surface area contributed by atoms with E-state index in [1.54, 1.807) is 43.5 Å². The first-order valence-electron chi connectivity index (χ1n) is 10.2. The molecule has 3 aromatic rings. The van der Waals surface area contributed by atoms with E-state index in [-0.39, 0.29) is 23.5 Å². The normalized spacial score (nSPS) is 14.6. The summed E-state index contributed by atoms with van der Waals surface area (Å²) < 4.78 is 23.9. The van der Waals surface area contributed by atoms with Crippen molar-refractivity contribution in [1.82, 2.24) is 5.32 Å². The third kappa shape index (κ3) is 5.06. The number of carbonyl (C=O) groups is 2. The third-order valence-electron chi connectivity index (χ3n) is 5.33. The Bertz CT molecular complexity index is 1110. The van der Waals surface area contributed by atoms with Gasteiger partial charge in [-0.1, -0.05) is 12.1 Å². The average molecular weight is 434 g/mol. The second kappa shape index (κ2) is 9.51. The number of carbonyl (C=O) groups excluding carboxylic acids is 2. The number of halogens is 1. The van der Waals surface area contributed by atoms with Crippen molar-refractivity contribution in [2.24, 2.45) is 5.92 Å². The van der Waals surface area contributed by atoms with Crippen LogP contribution in [0.1, 0.15) is 21.5 Å². The highest BCUT2D eigenvalue weighted by Gasteiger charge is 2.26. The van der Waals surface area contributed by atoms with Crippen molar-refractivity contribution < 1.29 is 23.5 Å². The van der Waals surface area contributed by atoms with Crippen LogP contribution < -0.4 is 20.1 Å². The molecule has 1 heterocycles. The van der Waals surface area contributed by atoms with Gasteiger partial charge >= 0.3 is 0 Å². The van der Waals surface area contributed by atoms with Crippen LogP contribution >= 0.6 is 0 Å². The van der Waals surface area contributed by atoms with Gasteiger partial charge < -0.3 is 20.1 Å². The molecule has 6 nitrogen and oxygen atoms in total. The highest BCUT2D eigenvalue weighted by molar-refractivity contribution is 5.96. The molecule has 0 fully saturated rings. The summed E-state index contributed by atoms with van der Waals surface area (Å²) in [5.74, 6) is 0.452. The molecule has 3 aromatic carbocycles. The Morgan fingerprint density at radius 3 is 2.53 bits per heavy atom. The van der Waals surface area contributed by atoms with Crippen molar-refractivity contribution in [2.45, 2.75) is 13.0 Å². The summed E-state index contributed by atoms with van der Waals surface area (Å²) in [7, 11) is 1.60. The zero-order chi connectivity index (χ0) is 22.5. The smallest absolute Gasteiger partial charge is 0.251 e. The first-order valence-corrected chi connectivity index (χ1v) is 10.2. The largest absolute Gasteiger partial charge is 0.497 e. The van der Waals surface area contributed by atoms with Crippen LogP contribution in [0.4, 0.5) is 10.1 Å². The number of benzene rings is 3. The molecule has 0 bridgehead atoms. The number of anilines is 1. The van der Waals surface area contributed by atoms with E-state index in [9.17, 15) is 14.0 Å². The summed E-state index contributed by atoms with van der Waals surface area (Å²) in [6, 6.07) is 18.2. The van der Waals surface area contributed by atoms with Crippen LogP contribution in [-0.2, 0) is 17.8 Å². The molecule has 4 rings (SSSR count). The van der Waals surface area contributed by atoms with Gasteiger partial charge in [-0.3, -0.25) is 9.59 Å². The highest BCUT2D eigenvalue weighted by atomic mass is 19.1. The minimum absolute atomic E-state index is 0.146. The molecule has 32 heavy (non-hydrogen) atoms. The standard InChI is InChI=1S/C25H23FN2O4/c1-31-22-10-11-23-18(13-22)12-19(15-32-23)25(30)28-21-8-4-17(5-9-21)24(29)27-14-16-2-6-20(26)7-3-16/h2-11,13,19H,12,14-15H2,1H3,(H,27,29)(H,28,30). The maximum atomic E-state index is 13.0. The van der Waals surface area contributed by atoms with E-state index >= 15 is 0 Å². The Labute approximate surface area is 185 Å². The van der Waals surface area contributed by atoms with Crippen LogP contribution in [-0.4, -0.2) is 25.5 Å². The Morgan fingerprint density at radius 1 is 1.06 bits per heavy atom. The first kappa shape index (κ1) is 21.4. The van der Waals surface area contributed by atoms with Crippen molar-refractivity contribution in [3.05, 3.63) is 89.2 Å². The lowest BCUT2D eigenvalue weighted by atomic mass is 9.95. The van der Waals surface area contributed by atoms with Gasteiger partial charge in [-0.25, -0.2) is 4.39 Å². The van der Waals surface area contributed by atoms with Gasteiger partial charge in [-0.15, -0.1) is 0 Å². The predicted molar refractivity (Wildman–Crippen MR) is 118 cm³/mol. The number of amides is 2. The Hall–Kier alpha value is -3.87. The van der Waals surface area contributed by atoms with E-state index in [0.29, 0.717) is 30.8 Å². The zero-order valence-corrected chi connectivity index (χ0v) is 17.6. The number of hydrogen-bond acceptors (Lipinski definition) is 4. The Kier molecular flexibility index (Phi) is 6.35. The second-order valence-electron chi connectivity index (χ2n) is 7.56. The number of fused-ring (bicyclic) bond motifs is 1. The van der Waals surface area contributed by atoms with Crippen molar-refractivity contribution >= 4 is 17.5 Å². The Morgan fingerprint density at radius 2 is 1.81 bits per heavy atom. The van der Waals surface area contributed by atoms with Gasteiger partial charge in [0.15, 0.2) is 0 Å². The molecule has 7 heteroatoms. The topological polar surface area (TPSA) is 76.7 Å². The number of rotatable bonds is 6. The molecule has 0 aliphatic carbocycles. The maximum absolute atomic E-state index is 13.0. The summed E-state index contributed by atoms with van der Waals surface area (Å²) in [5.41, 5.74) is 2.80. The van der Waals surface area contributed by atoms with Crippen LogP contribution in [0, 0.1) is 11.7 Å². The lowest BCUT2D eigenvalue weighted by Gasteiger charge is -2.25. The monoisotopic (exact) mass is 434 g/mol. The fourth-order valence-electron chi connectivity index (χ4n) is 3.50. The predicted octanol–water partition coefficient (Wildman–Crippen LogP) is 3.95. The van der Waals surface area contributed by atoms with E-state index in [1.807, 2.05) is 18.2 Å². The lowest BCUT2D eigenvalue weighted by molar-refractivity contribution is -0.121. The molecule has 2 amide bonds. The van der Waals surface area contributed by atoms with E-state index < -0.39 is 0 Å². The zero-order valence-electron chi connectivity index (χ0n) is 17.6. The van der Waals surface area contributed by atoms with Gasteiger partial charge in [0.1, 0.15) is 23.9 Å². The van der Waals surface area contributed by atoms with E-state index in [2.05, 4.69) is 10.6 Å². The second-order valence-corrected chi connectivity index (χ2v) is 7.56. The fourth-order valence-corrected chi connectivity index (χ4v) is 3.50. The van der Waals surface area contributed by atoms with Crippen LogP contribution in [0.25, 0.3) is 0 Å². The van der Waals surface area contributed by atoms with Crippen LogP contribution in [0.5, 0.6) is 11.5 Å². The van der Waals surface area contributed by atoms with Gasteiger partial charge in [0, 0.05) is 17.8 Å². The van der Waals surface area contributed by atoms with Gasteiger partial charge in [0.25, 0.3) is 5.91 Å². The SMILES string of the molecule is COc1ccc2c(c1)CC(C(=O)Nc1ccc(C(=O)NCc3ccc(F)cc3)cc1)CO2. The molecular weight excluding hydrogens is 411 g/mol. The van der Waals surface area contributed by atoms with Crippen molar-refractivity contribution in [3.8, 4) is 11.5 Å². The van der Waals surface area contributed by atoms with E-state index in [1.165, 1.54) is 12.1 Å². The van der Waals surface area contributed by atoms with Gasteiger partial charge in [0.2, 0.25) is 5.91 Å². The summed E-state index contributed by atoms with van der Waals surface area (Å²) >= 11 is 0. The minimum Gasteiger partial charge on any atom is -0.497 e. The van der Waals surface area contributed by atoms with Gasteiger partial charge in [0.05, 0.1) is 13.0 Å². The van der Waals surface area contributed by atoms with Gasteiger partial charge in [-0.2, -0.15) is 0 Å². The third-order valence-corrected chi connectivity index (χ3v) is 5.33. The number of ether oxygens (including phenoxy) is 2. The van der Waals surface area contributed by atoms with Crippen LogP contribution in [0.15, 0.2) is 66.7 Å². The Balaban J connectivity index is 1.32. The lowest BCUT2D eigenvalue weighted by Crippen LogP contribution is -2.32. The number of methoxy groups -OCH3 is 1. The fraction of sp³-hybridized carbons (Fsp3) is 0.200. The van der Waals surface area contributed by atoms with Crippen LogP contribution in [0.3, 0.4) is 0 Å². The van der Waals surface area contributed by atoms with Gasteiger partial charge in [-0.05, 0) is 72.1 Å². The maximum Gasteiger partial charge on any atom is 0.251 e. The highest BCUT2D eigenvalue weighted by Crippen LogP contribution is 2.31. The molecule has 0 spiro atoms. The first-order chi connectivity index (χ1) is 15.5.